The van der Waals surface area contributed by atoms with Crippen LogP contribution in [0.3, 0.4) is 0 Å². The Hall–Kier alpha value is -3.70. The maximum absolute atomic E-state index is 12.8. The highest BCUT2D eigenvalue weighted by Crippen LogP contribution is 2.34. The minimum atomic E-state index is -0.521. The van der Waals surface area contributed by atoms with E-state index >= 15 is 0 Å². The van der Waals surface area contributed by atoms with Gasteiger partial charge in [0.05, 0.1) is 11.5 Å². The first kappa shape index (κ1) is 24.0. The van der Waals surface area contributed by atoms with Crippen LogP contribution in [0.1, 0.15) is 23.6 Å². The minimum Gasteiger partial charge on any atom is -0.490 e. The van der Waals surface area contributed by atoms with Crippen LogP contribution in [0.25, 0.3) is 6.08 Å². The first-order chi connectivity index (χ1) is 15.8. The van der Waals surface area contributed by atoms with E-state index in [1.807, 2.05) is 39.0 Å². The molecule has 0 aromatic heterocycles. The second-order valence-electron chi connectivity index (χ2n) is 7.21. The Bertz CT molecular complexity index is 1150. The third-order valence-electron chi connectivity index (χ3n) is 4.80. The summed E-state index contributed by atoms with van der Waals surface area (Å²) >= 11 is 0.788. The van der Waals surface area contributed by atoms with Gasteiger partial charge in [-0.25, -0.2) is 0 Å². The maximum atomic E-state index is 12.8. The lowest BCUT2D eigenvalue weighted by atomic mass is 10.1. The van der Waals surface area contributed by atoms with E-state index in [2.05, 4.69) is 11.2 Å². The summed E-state index contributed by atoms with van der Waals surface area (Å²) in [6.07, 6.45) is 6.83. The molecule has 2 aromatic carbocycles. The zero-order valence-electron chi connectivity index (χ0n) is 18.6. The number of aryl methyl sites for hydroxylation is 2. The van der Waals surface area contributed by atoms with E-state index in [1.54, 1.807) is 24.3 Å². The van der Waals surface area contributed by atoms with Crippen LogP contribution in [0.2, 0.25) is 0 Å². The normalized spacial score (nSPS) is 14.4. The predicted octanol–water partition coefficient (Wildman–Crippen LogP) is 4.39. The van der Waals surface area contributed by atoms with Crippen molar-refractivity contribution in [2.24, 2.45) is 0 Å². The van der Waals surface area contributed by atoms with E-state index in [1.165, 1.54) is 0 Å². The van der Waals surface area contributed by atoms with Gasteiger partial charge in [-0.2, -0.15) is 0 Å². The molecular formula is C25H24N2O5S. The van der Waals surface area contributed by atoms with Crippen LogP contribution in [0, 0.1) is 26.2 Å². The molecule has 1 heterocycles. The van der Waals surface area contributed by atoms with E-state index < -0.39 is 17.1 Å². The van der Waals surface area contributed by atoms with Gasteiger partial charge < -0.3 is 14.8 Å². The van der Waals surface area contributed by atoms with Crippen LogP contribution in [0.5, 0.6) is 11.5 Å². The van der Waals surface area contributed by atoms with Crippen molar-refractivity contribution < 1.29 is 23.9 Å². The van der Waals surface area contributed by atoms with Gasteiger partial charge in [0.25, 0.3) is 11.1 Å². The standard InChI is InChI=1S/C25H24N2O5S/c1-5-12-32-19-11-10-18(13-20(19)31-6-2)14-21-24(29)27(25(30)33-21)15-22(28)26-23-16(3)8-7-9-17(23)4/h1,7-11,13-14H,6,12,15H2,2-4H3,(H,26,28). The number of para-hydroxylation sites is 1. The number of nitrogens with zero attached hydrogens (tertiary/aromatic N) is 1. The summed E-state index contributed by atoms with van der Waals surface area (Å²) in [5.74, 6) is 2.41. The Morgan fingerprint density at radius 1 is 1.15 bits per heavy atom. The molecule has 3 rings (SSSR count). The van der Waals surface area contributed by atoms with Crippen LogP contribution < -0.4 is 14.8 Å². The molecule has 0 bridgehead atoms. The van der Waals surface area contributed by atoms with Crippen LogP contribution >= 0.6 is 11.8 Å². The molecule has 0 atom stereocenters. The fraction of sp³-hybridized carbons (Fsp3) is 0.240. The molecule has 0 aliphatic carbocycles. The van der Waals surface area contributed by atoms with Gasteiger partial charge in [0, 0.05) is 5.69 Å². The number of amides is 3. The highest BCUT2D eigenvalue weighted by Gasteiger charge is 2.36. The number of benzene rings is 2. The second kappa shape index (κ2) is 10.7. The van der Waals surface area contributed by atoms with E-state index in [-0.39, 0.29) is 18.1 Å². The molecule has 0 radical (unpaired) electrons. The molecule has 8 heteroatoms. The highest BCUT2D eigenvalue weighted by molar-refractivity contribution is 8.18. The Labute approximate surface area is 197 Å². The van der Waals surface area contributed by atoms with E-state index in [4.69, 9.17) is 15.9 Å². The van der Waals surface area contributed by atoms with Gasteiger partial charge in [-0.05, 0) is 67.4 Å². The quantitative estimate of drug-likeness (QED) is 0.461. The van der Waals surface area contributed by atoms with Crippen molar-refractivity contribution in [1.82, 2.24) is 4.90 Å². The lowest BCUT2D eigenvalue weighted by Gasteiger charge is -2.15. The van der Waals surface area contributed by atoms with Gasteiger partial charge in [0.1, 0.15) is 13.2 Å². The van der Waals surface area contributed by atoms with Crippen molar-refractivity contribution in [2.75, 3.05) is 25.1 Å². The number of carbonyl (C=O) groups excluding carboxylic acids is 3. The average Bonchev–Trinajstić information content (AvgIpc) is 3.03. The van der Waals surface area contributed by atoms with Crippen LogP contribution in [0.15, 0.2) is 41.3 Å². The van der Waals surface area contributed by atoms with Gasteiger partial charge >= 0.3 is 0 Å². The summed E-state index contributed by atoms with van der Waals surface area (Å²) in [6.45, 7) is 5.76. The number of hydrogen-bond donors (Lipinski definition) is 1. The van der Waals surface area contributed by atoms with Crippen molar-refractivity contribution in [1.29, 1.82) is 0 Å². The Morgan fingerprint density at radius 2 is 1.88 bits per heavy atom. The largest absolute Gasteiger partial charge is 0.490 e. The molecule has 7 nitrogen and oxygen atoms in total. The third kappa shape index (κ3) is 5.76. The Balaban J connectivity index is 1.75. The number of imide groups is 1. The molecule has 1 aliphatic heterocycles. The summed E-state index contributed by atoms with van der Waals surface area (Å²) in [7, 11) is 0. The summed E-state index contributed by atoms with van der Waals surface area (Å²) in [6, 6.07) is 10.8. The number of thioether (sulfide) groups is 1. The fourth-order valence-electron chi connectivity index (χ4n) is 3.24. The molecule has 0 saturated carbocycles. The van der Waals surface area contributed by atoms with Crippen molar-refractivity contribution >= 4 is 40.6 Å². The first-order valence-corrected chi connectivity index (χ1v) is 11.1. The molecule has 1 aliphatic rings. The second-order valence-corrected chi connectivity index (χ2v) is 8.21. The van der Waals surface area contributed by atoms with Crippen molar-refractivity contribution in [3.05, 3.63) is 58.0 Å². The summed E-state index contributed by atoms with van der Waals surface area (Å²) in [4.78, 5) is 39.0. The number of hydrogen-bond acceptors (Lipinski definition) is 6. The fourth-order valence-corrected chi connectivity index (χ4v) is 4.08. The zero-order valence-corrected chi connectivity index (χ0v) is 19.5. The summed E-state index contributed by atoms with van der Waals surface area (Å²) < 4.78 is 11.1. The van der Waals surface area contributed by atoms with Gasteiger partial charge in [-0.1, -0.05) is 30.2 Å². The van der Waals surface area contributed by atoms with Gasteiger partial charge in [-0.15, -0.1) is 6.42 Å². The summed E-state index contributed by atoms with van der Waals surface area (Å²) in [5, 5.41) is 2.30. The Kier molecular flexibility index (Phi) is 7.80. The molecule has 0 unspecified atom stereocenters. The minimum absolute atomic E-state index is 0.0996. The number of carbonyl (C=O) groups is 3. The predicted molar refractivity (Wildman–Crippen MR) is 129 cm³/mol. The molecule has 0 spiro atoms. The molecule has 2 aromatic rings. The van der Waals surface area contributed by atoms with Crippen LogP contribution in [-0.2, 0) is 9.59 Å². The van der Waals surface area contributed by atoms with E-state index in [0.717, 1.165) is 27.8 Å². The lowest BCUT2D eigenvalue weighted by Crippen LogP contribution is -2.36. The number of rotatable bonds is 8. The van der Waals surface area contributed by atoms with E-state index in [0.29, 0.717) is 29.4 Å². The molecule has 170 valence electrons. The number of nitrogens with one attached hydrogen (secondary N) is 1. The molecule has 3 amide bonds. The molecular weight excluding hydrogens is 440 g/mol. The van der Waals surface area contributed by atoms with Crippen molar-refractivity contribution in [2.45, 2.75) is 20.8 Å². The molecule has 1 N–H and O–H groups in total. The smallest absolute Gasteiger partial charge is 0.294 e. The lowest BCUT2D eigenvalue weighted by molar-refractivity contribution is -0.127. The molecule has 33 heavy (non-hydrogen) atoms. The topological polar surface area (TPSA) is 84.9 Å². The Morgan fingerprint density at radius 3 is 2.55 bits per heavy atom. The van der Waals surface area contributed by atoms with Crippen molar-refractivity contribution in [3.8, 4) is 23.8 Å². The average molecular weight is 465 g/mol. The zero-order chi connectivity index (χ0) is 24.0. The van der Waals surface area contributed by atoms with Crippen LogP contribution in [0.4, 0.5) is 10.5 Å². The van der Waals surface area contributed by atoms with Crippen LogP contribution in [-0.4, -0.2) is 41.7 Å². The van der Waals surface area contributed by atoms with Gasteiger partial charge in [-0.3, -0.25) is 19.3 Å². The van der Waals surface area contributed by atoms with Crippen molar-refractivity contribution in [3.63, 3.8) is 0 Å². The highest BCUT2D eigenvalue weighted by atomic mass is 32.2. The first-order valence-electron chi connectivity index (χ1n) is 10.3. The third-order valence-corrected chi connectivity index (χ3v) is 5.70. The molecule has 1 fully saturated rings. The number of ether oxygens (including phenoxy) is 2. The van der Waals surface area contributed by atoms with Gasteiger partial charge in [0.2, 0.25) is 5.91 Å². The monoisotopic (exact) mass is 464 g/mol. The van der Waals surface area contributed by atoms with E-state index in [9.17, 15) is 14.4 Å². The summed E-state index contributed by atoms with van der Waals surface area (Å²) in [5.41, 5.74) is 3.13. The molecule has 1 saturated heterocycles. The maximum Gasteiger partial charge on any atom is 0.294 e. The number of anilines is 1. The number of terminal acetylenes is 1. The van der Waals surface area contributed by atoms with Gasteiger partial charge in [0.15, 0.2) is 11.5 Å². The SMILES string of the molecule is C#CCOc1ccc(C=C2SC(=O)N(CC(=O)Nc3c(C)cccc3C)C2=O)cc1OCC.